The molecule has 2 atom stereocenters. The van der Waals surface area contributed by atoms with E-state index in [1.165, 1.54) is 11.3 Å². The van der Waals surface area contributed by atoms with Crippen molar-refractivity contribution < 1.29 is 14.3 Å². The minimum atomic E-state index is -0.349. The number of aryl methyl sites for hydroxylation is 1. The summed E-state index contributed by atoms with van der Waals surface area (Å²) in [5.41, 5.74) is 0.957. The van der Waals surface area contributed by atoms with Crippen LogP contribution in [0.1, 0.15) is 54.1 Å². The third kappa shape index (κ3) is 5.53. The molecule has 2 aromatic heterocycles. The van der Waals surface area contributed by atoms with Crippen LogP contribution in [0.5, 0.6) is 0 Å². The molecule has 1 aliphatic rings. The number of carbonyl (C=O) groups is 2. The van der Waals surface area contributed by atoms with Gasteiger partial charge >= 0.3 is 6.09 Å². The first-order valence-corrected chi connectivity index (χ1v) is 10.1. The molecule has 8 nitrogen and oxygen atoms in total. The monoisotopic (exact) mass is 391 g/mol. The van der Waals surface area contributed by atoms with Crippen LogP contribution in [0.25, 0.3) is 0 Å². The molecule has 2 aromatic rings. The average Bonchev–Trinajstić information content (AvgIpc) is 3.35. The molecule has 0 aliphatic heterocycles. The first-order valence-electron chi connectivity index (χ1n) is 9.24. The summed E-state index contributed by atoms with van der Waals surface area (Å²) in [4.78, 5) is 28.9. The summed E-state index contributed by atoms with van der Waals surface area (Å²) in [5.74, 6) is 0.648. The van der Waals surface area contributed by atoms with Gasteiger partial charge in [0.2, 0.25) is 5.91 Å². The summed E-state index contributed by atoms with van der Waals surface area (Å²) in [6.45, 7) is 4.54. The minimum absolute atomic E-state index is 0.0808. The lowest BCUT2D eigenvalue weighted by molar-refractivity contribution is -0.115. The quantitative estimate of drug-likeness (QED) is 0.672. The Labute approximate surface area is 162 Å². The molecule has 0 saturated heterocycles. The predicted octanol–water partition coefficient (Wildman–Crippen LogP) is 3.13. The third-order valence-electron chi connectivity index (χ3n) is 4.49. The van der Waals surface area contributed by atoms with Crippen molar-refractivity contribution >= 4 is 29.2 Å². The van der Waals surface area contributed by atoms with Crippen molar-refractivity contribution in [1.29, 1.82) is 0 Å². The van der Waals surface area contributed by atoms with Gasteiger partial charge in [-0.3, -0.25) is 9.89 Å². The van der Waals surface area contributed by atoms with E-state index in [9.17, 15) is 9.59 Å². The number of hydrogen-bond acceptors (Lipinski definition) is 6. The first kappa shape index (κ1) is 19.3. The maximum absolute atomic E-state index is 12.1. The van der Waals surface area contributed by atoms with Crippen LogP contribution in [0, 0.1) is 6.92 Å². The van der Waals surface area contributed by atoms with Crippen LogP contribution in [0.4, 0.5) is 10.6 Å². The van der Waals surface area contributed by atoms with Gasteiger partial charge in [-0.25, -0.2) is 9.78 Å². The summed E-state index contributed by atoms with van der Waals surface area (Å²) >= 11 is 1.52. The topological polar surface area (TPSA) is 109 Å². The van der Waals surface area contributed by atoms with E-state index in [1.54, 1.807) is 6.20 Å². The molecule has 2 amide bonds. The Hall–Kier alpha value is -2.42. The molecule has 0 spiro atoms. The number of nitrogens with one attached hydrogen (secondary N) is 3. The van der Waals surface area contributed by atoms with E-state index in [0.717, 1.165) is 41.3 Å². The summed E-state index contributed by atoms with van der Waals surface area (Å²) in [6, 6.07) is 1.86. The summed E-state index contributed by atoms with van der Waals surface area (Å²) in [6.07, 6.45) is 4.98. The molecule has 2 heterocycles. The van der Waals surface area contributed by atoms with Crippen molar-refractivity contribution in [2.45, 2.75) is 58.0 Å². The fourth-order valence-electron chi connectivity index (χ4n) is 3.19. The highest BCUT2D eigenvalue weighted by Gasteiger charge is 2.30. The molecule has 3 N–H and O–H groups in total. The minimum Gasteiger partial charge on any atom is -0.446 e. The molecule has 0 radical (unpaired) electrons. The third-order valence-corrected chi connectivity index (χ3v) is 5.40. The van der Waals surface area contributed by atoms with Gasteiger partial charge < -0.3 is 15.4 Å². The summed E-state index contributed by atoms with van der Waals surface area (Å²) < 4.78 is 5.45. The number of anilines is 1. The van der Waals surface area contributed by atoms with Crippen LogP contribution < -0.4 is 10.6 Å². The second-order valence-corrected chi connectivity index (χ2v) is 8.06. The zero-order chi connectivity index (χ0) is 19.2. The van der Waals surface area contributed by atoms with Gasteiger partial charge in [-0.1, -0.05) is 6.92 Å². The molecule has 1 fully saturated rings. The Kier molecular flexibility index (Phi) is 6.44. The van der Waals surface area contributed by atoms with Gasteiger partial charge in [0.1, 0.15) is 6.10 Å². The fraction of sp³-hybridized carbons (Fsp3) is 0.556. The number of carbonyl (C=O) groups excluding carboxylic acids is 2. The maximum atomic E-state index is 12.1. The SMILES string of the molecule is CCCNC(=O)O[C@@H]1CC[C@H](c2cc(NC(=O)Cc3cnc(C)s3)n[nH]2)C1. The van der Waals surface area contributed by atoms with E-state index in [1.807, 2.05) is 19.9 Å². The number of ether oxygens (including phenoxy) is 1. The molecular formula is C18H25N5O3S. The Morgan fingerprint density at radius 2 is 2.26 bits per heavy atom. The number of rotatable bonds is 7. The number of aromatic amines is 1. The molecular weight excluding hydrogens is 366 g/mol. The highest BCUT2D eigenvalue weighted by molar-refractivity contribution is 7.11. The average molecular weight is 391 g/mol. The molecule has 0 bridgehead atoms. The molecule has 27 heavy (non-hydrogen) atoms. The molecule has 9 heteroatoms. The van der Waals surface area contributed by atoms with Crippen molar-refractivity contribution in [3.8, 4) is 0 Å². The van der Waals surface area contributed by atoms with Gasteiger partial charge in [-0.2, -0.15) is 5.10 Å². The smallest absolute Gasteiger partial charge is 0.407 e. The van der Waals surface area contributed by atoms with E-state index in [2.05, 4.69) is 25.8 Å². The van der Waals surface area contributed by atoms with Crippen LogP contribution in [0.3, 0.4) is 0 Å². The number of H-pyrrole nitrogens is 1. The van der Waals surface area contributed by atoms with Crippen LogP contribution in [0.2, 0.25) is 0 Å². The predicted molar refractivity (Wildman–Crippen MR) is 103 cm³/mol. The first-order chi connectivity index (χ1) is 13.0. The Balaban J connectivity index is 1.47. The fourth-order valence-corrected chi connectivity index (χ4v) is 3.99. The van der Waals surface area contributed by atoms with Gasteiger partial charge in [0.05, 0.1) is 11.4 Å². The Bertz CT molecular complexity index is 788. The number of nitrogens with zero attached hydrogens (tertiary/aromatic N) is 2. The van der Waals surface area contributed by atoms with E-state index >= 15 is 0 Å². The van der Waals surface area contributed by atoms with Crippen LogP contribution in [0.15, 0.2) is 12.3 Å². The summed E-state index contributed by atoms with van der Waals surface area (Å²) in [5, 5.41) is 13.7. The van der Waals surface area contributed by atoms with Gasteiger partial charge in [-0.15, -0.1) is 11.3 Å². The highest BCUT2D eigenvalue weighted by atomic mass is 32.1. The van der Waals surface area contributed by atoms with E-state index in [0.29, 0.717) is 18.8 Å². The van der Waals surface area contributed by atoms with Gasteiger partial charge in [0.25, 0.3) is 0 Å². The highest BCUT2D eigenvalue weighted by Crippen LogP contribution is 2.35. The maximum Gasteiger partial charge on any atom is 0.407 e. The van der Waals surface area contributed by atoms with E-state index in [-0.39, 0.29) is 24.0 Å². The number of alkyl carbamates (subject to hydrolysis) is 1. The molecule has 1 aliphatic carbocycles. The molecule has 0 aromatic carbocycles. The zero-order valence-electron chi connectivity index (χ0n) is 15.6. The molecule has 3 rings (SSSR count). The zero-order valence-corrected chi connectivity index (χ0v) is 16.4. The number of amides is 2. The van der Waals surface area contributed by atoms with Crippen molar-refractivity contribution in [2.75, 3.05) is 11.9 Å². The van der Waals surface area contributed by atoms with Gasteiger partial charge in [0, 0.05) is 35.3 Å². The van der Waals surface area contributed by atoms with Crippen molar-refractivity contribution in [3.05, 3.63) is 27.8 Å². The number of aromatic nitrogens is 3. The van der Waals surface area contributed by atoms with E-state index in [4.69, 9.17) is 4.74 Å². The lowest BCUT2D eigenvalue weighted by Crippen LogP contribution is -2.28. The second kappa shape index (κ2) is 8.98. The second-order valence-electron chi connectivity index (χ2n) is 6.74. The summed E-state index contributed by atoms with van der Waals surface area (Å²) in [7, 11) is 0. The largest absolute Gasteiger partial charge is 0.446 e. The van der Waals surface area contributed by atoms with Crippen LogP contribution in [-0.4, -0.2) is 39.8 Å². The Morgan fingerprint density at radius 1 is 1.41 bits per heavy atom. The van der Waals surface area contributed by atoms with Crippen LogP contribution >= 0.6 is 11.3 Å². The van der Waals surface area contributed by atoms with Crippen molar-refractivity contribution in [1.82, 2.24) is 20.5 Å². The normalized spacial score (nSPS) is 19.0. The van der Waals surface area contributed by atoms with Crippen molar-refractivity contribution in [3.63, 3.8) is 0 Å². The Morgan fingerprint density at radius 3 is 3.00 bits per heavy atom. The van der Waals surface area contributed by atoms with Gasteiger partial charge in [-0.05, 0) is 32.6 Å². The lowest BCUT2D eigenvalue weighted by Gasteiger charge is -2.12. The van der Waals surface area contributed by atoms with E-state index < -0.39 is 0 Å². The van der Waals surface area contributed by atoms with Gasteiger partial charge in [0.15, 0.2) is 5.82 Å². The van der Waals surface area contributed by atoms with Crippen LogP contribution in [-0.2, 0) is 16.0 Å². The molecule has 0 unspecified atom stereocenters. The number of thiazole rings is 1. The standard InChI is InChI=1S/C18H25N5O3S/c1-3-6-19-18(25)26-13-5-4-12(7-13)15-9-16(23-22-15)21-17(24)8-14-10-20-11(2)27-14/h9-10,12-13H,3-8H2,1-2H3,(H,19,25)(H2,21,22,23,24)/t12-,13+/m0/s1. The number of hydrogen-bond donors (Lipinski definition) is 3. The van der Waals surface area contributed by atoms with Crippen molar-refractivity contribution in [2.24, 2.45) is 0 Å². The lowest BCUT2D eigenvalue weighted by atomic mass is 10.0. The molecule has 1 saturated carbocycles. The molecule has 146 valence electrons.